The topological polar surface area (TPSA) is 54.6 Å². The number of methoxy groups -OCH3 is 2. The van der Waals surface area contributed by atoms with Crippen molar-refractivity contribution in [2.24, 2.45) is 0 Å². The number of aromatic nitrogens is 1. The summed E-state index contributed by atoms with van der Waals surface area (Å²) in [5, 5.41) is 0.779. The maximum Gasteiger partial charge on any atom is 0.227 e. The van der Waals surface area contributed by atoms with Gasteiger partial charge in [0, 0.05) is 35.7 Å². The molecular formula is C23H25FN2O3. The molecule has 1 saturated heterocycles. The van der Waals surface area contributed by atoms with Gasteiger partial charge in [-0.2, -0.15) is 0 Å². The molecule has 1 fully saturated rings. The first kappa shape index (κ1) is 19.3. The quantitative estimate of drug-likeness (QED) is 0.704. The second-order valence-electron chi connectivity index (χ2n) is 7.48. The van der Waals surface area contributed by atoms with Gasteiger partial charge in [-0.05, 0) is 31.0 Å². The van der Waals surface area contributed by atoms with E-state index in [0.29, 0.717) is 24.4 Å². The third kappa shape index (κ3) is 3.43. The first-order valence-electron chi connectivity index (χ1n) is 9.77. The molecule has 1 atom stereocenters. The monoisotopic (exact) mass is 396 g/mol. The minimum atomic E-state index is -0.296. The number of fused-ring (bicyclic) bond motifs is 1. The zero-order chi connectivity index (χ0) is 20.5. The number of nitrogens with one attached hydrogen (secondary N) is 1. The number of rotatable bonds is 5. The van der Waals surface area contributed by atoms with Crippen molar-refractivity contribution in [1.29, 1.82) is 0 Å². The molecule has 0 spiro atoms. The third-order valence-corrected chi connectivity index (χ3v) is 5.85. The summed E-state index contributed by atoms with van der Waals surface area (Å²) in [6, 6.07) is 10.8. The molecule has 0 bridgehead atoms. The molecule has 5 nitrogen and oxygen atoms in total. The molecule has 1 aromatic heterocycles. The fourth-order valence-corrected chi connectivity index (χ4v) is 4.33. The van der Waals surface area contributed by atoms with Crippen molar-refractivity contribution in [2.45, 2.75) is 25.7 Å². The van der Waals surface area contributed by atoms with E-state index in [1.807, 2.05) is 36.1 Å². The smallest absolute Gasteiger partial charge is 0.227 e. The predicted octanol–water partition coefficient (Wildman–Crippen LogP) is 4.19. The van der Waals surface area contributed by atoms with Crippen LogP contribution < -0.4 is 9.47 Å². The van der Waals surface area contributed by atoms with Crippen LogP contribution in [0.25, 0.3) is 10.9 Å². The van der Waals surface area contributed by atoms with Crippen LogP contribution in [0.15, 0.2) is 36.4 Å². The third-order valence-electron chi connectivity index (χ3n) is 5.85. The average molecular weight is 396 g/mol. The summed E-state index contributed by atoms with van der Waals surface area (Å²) >= 11 is 0. The number of hydrogen-bond donors (Lipinski definition) is 1. The highest BCUT2D eigenvalue weighted by Gasteiger charge is 2.30. The number of carbonyl (C=O) groups excluding carboxylic acids is 1. The molecule has 152 valence electrons. The highest BCUT2D eigenvalue weighted by atomic mass is 19.1. The number of aryl methyl sites for hydroxylation is 1. The molecule has 0 aliphatic carbocycles. The number of benzene rings is 2. The Bertz CT molecular complexity index is 1060. The fraction of sp³-hybridized carbons (Fsp3) is 0.348. The number of amides is 1. The van der Waals surface area contributed by atoms with Crippen LogP contribution in [0, 0.1) is 12.7 Å². The van der Waals surface area contributed by atoms with E-state index in [1.165, 1.54) is 6.07 Å². The lowest BCUT2D eigenvalue weighted by Gasteiger charge is -2.19. The van der Waals surface area contributed by atoms with E-state index >= 15 is 0 Å². The van der Waals surface area contributed by atoms with Gasteiger partial charge >= 0.3 is 0 Å². The van der Waals surface area contributed by atoms with Crippen LogP contribution >= 0.6 is 0 Å². The Kier molecular flexibility index (Phi) is 5.18. The standard InChI is InChI=1S/C23H25FN2O3/c1-14-18(17-7-4-8-19(24)22(17)25-14)12-21(27)26-11-10-15(13-26)16-6-5-9-20(28-2)23(16)29-3/h4-9,15,25H,10-13H2,1-3H3/t15-/m0/s1. The van der Waals surface area contributed by atoms with Crippen molar-refractivity contribution in [2.75, 3.05) is 27.3 Å². The molecule has 29 heavy (non-hydrogen) atoms. The number of nitrogens with zero attached hydrogens (tertiary/aromatic N) is 1. The van der Waals surface area contributed by atoms with E-state index in [1.54, 1.807) is 20.3 Å². The fourth-order valence-electron chi connectivity index (χ4n) is 4.33. The van der Waals surface area contributed by atoms with Gasteiger partial charge in [0.1, 0.15) is 5.82 Å². The highest BCUT2D eigenvalue weighted by Crippen LogP contribution is 2.39. The van der Waals surface area contributed by atoms with E-state index < -0.39 is 0 Å². The molecule has 1 N–H and O–H groups in total. The molecule has 1 amide bonds. The lowest BCUT2D eigenvalue weighted by molar-refractivity contribution is -0.129. The van der Waals surface area contributed by atoms with Crippen LogP contribution in [-0.4, -0.2) is 43.1 Å². The Hall–Kier alpha value is -3.02. The van der Waals surface area contributed by atoms with Gasteiger partial charge in [-0.15, -0.1) is 0 Å². The number of aromatic amines is 1. The largest absolute Gasteiger partial charge is 0.493 e. The van der Waals surface area contributed by atoms with Crippen LogP contribution in [0.4, 0.5) is 4.39 Å². The van der Waals surface area contributed by atoms with Crippen molar-refractivity contribution < 1.29 is 18.7 Å². The van der Waals surface area contributed by atoms with Gasteiger partial charge in [-0.3, -0.25) is 4.79 Å². The molecule has 0 radical (unpaired) electrons. The number of para-hydroxylation sites is 2. The summed E-state index contributed by atoms with van der Waals surface area (Å²) < 4.78 is 25.0. The number of hydrogen-bond acceptors (Lipinski definition) is 3. The molecule has 3 aromatic rings. The van der Waals surface area contributed by atoms with Crippen molar-refractivity contribution >= 4 is 16.8 Å². The molecule has 0 saturated carbocycles. The Morgan fingerprint density at radius 2 is 2.00 bits per heavy atom. The van der Waals surface area contributed by atoms with Gasteiger partial charge in [0.2, 0.25) is 5.91 Å². The molecule has 4 rings (SSSR count). The van der Waals surface area contributed by atoms with Crippen LogP contribution in [0.5, 0.6) is 11.5 Å². The highest BCUT2D eigenvalue weighted by molar-refractivity contribution is 5.90. The molecule has 2 heterocycles. The Balaban J connectivity index is 1.53. The van der Waals surface area contributed by atoms with Gasteiger partial charge < -0.3 is 19.4 Å². The number of carbonyl (C=O) groups is 1. The summed E-state index contributed by atoms with van der Waals surface area (Å²) in [5.74, 6) is 1.40. The zero-order valence-electron chi connectivity index (χ0n) is 16.9. The second-order valence-corrected chi connectivity index (χ2v) is 7.48. The van der Waals surface area contributed by atoms with Gasteiger partial charge in [0.05, 0.1) is 26.2 Å². The molecule has 2 aromatic carbocycles. The minimum Gasteiger partial charge on any atom is -0.493 e. The van der Waals surface area contributed by atoms with Crippen molar-refractivity contribution in [3.8, 4) is 11.5 Å². The Labute approximate surface area is 169 Å². The molecular weight excluding hydrogens is 371 g/mol. The second kappa shape index (κ2) is 7.78. The summed E-state index contributed by atoms with van der Waals surface area (Å²) in [5.41, 5.74) is 3.23. The Morgan fingerprint density at radius 3 is 2.76 bits per heavy atom. The van der Waals surface area contributed by atoms with Gasteiger partial charge in [0.25, 0.3) is 0 Å². The van der Waals surface area contributed by atoms with Crippen LogP contribution in [0.1, 0.15) is 29.2 Å². The van der Waals surface area contributed by atoms with Gasteiger partial charge in [-0.25, -0.2) is 4.39 Å². The average Bonchev–Trinajstić information content (AvgIpc) is 3.34. The lowest BCUT2D eigenvalue weighted by Crippen LogP contribution is -2.30. The van der Waals surface area contributed by atoms with Gasteiger partial charge in [0.15, 0.2) is 11.5 Å². The normalized spacial score (nSPS) is 16.4. The summed E-state index contributed by atoms with van der Waals surface area (Å²) in [6.45, 7) is 3.22. The van der Waals surface area contributed by atoms with E-state index in [4.69, 9.17) is 9.47 Å². The van der Waals surface area contributed by atoms with E-state index in [9.17, 15) is 9.18 Å². The number of ether oxygens (including phenoxy) is 2. The van der Waals surface area contributed by atoms with Crippen LogP contribution in [-0.2, 0) is 11.2 Å². The maximum absolute atomic E-state index is 14.0. The zero-order valence-corrected chi connectivity index (χ0v) is 16.9. The van der Waals surface area contributed by atoms with Crippen LogP contribution in [0.3, 0.4) is 0 Å². The van der Waals surface area contributed by atoms with E-state index in [0.717, 1.165) is 34.4 Å². The molecule has 6 heteroatoms. The van der Waals surface area contributed by atoms with Gasteiger partial charge in [-0.1, -0.05) is 24.3 Å². The van der Waals surface area contributed by atoms with Crippen LogP contribution in [0.2, 0.25) is 0 Å². The predicted molar refractivity (Wildman–Crippen MR) is 110 cm³/mol. The van der Waals surface area contributed by atoms with E-state index in [2.05, 4.69) is 4.98 Å². The number of H-pyrrole nitrogens is 1. The number of likely N-dealkylation sites (tertiary alicyclic amines) is 1. The SMILES string of the molecule is COc1cccc([C@H]2CCN(C(=O)Cc3c(C)[nH]c4c(F)cccc34)C2)c1OC. The summed E-state index contributed by atoms with van der Waals surface area (Å²) in [6.07, 6.45) is 1.13. The summed E-state index contributed by atoms with van der Waals surface area (Å²) in [4.78, 5) is 18.0. The minimum absolute atomic E-state index is 0.0580. The molecule has 0 unspecified atom stereocenters. The maximum atomic E-state index is 14.0. The molecule has 1 aliphatic heterocycles. The van der Waals surface area contributed by atoms with Crippen molar-refractivity contribution in [3.63, 3.8) is 0 Å². The Morgan fingerprint density at radius 1 is 1.21 bits per heavy atom. The lowest BCUT2D eigenvalue weighted by atomic mass is 9.97. The van der Waals surface area contributed by atoms with Crippen molar-refractivity contribution in [1.82, 2.24) is 9.88 Å². The van der Waals surface area contributed by atoms with E-state index in [-0.39, 0.29) is 24.1 Å². The number of halogens is 1. The summed E-state index contributed by atoms with van der Waals surface area (Å²) in [7, 11) is 3.26. The first-order chi connectivity index (χ1) is 14.0. The van der Waals surface area contributed by atoms with Crippen molar-refractivity contribution in [3.05, 3.63) is 59.0 Å². The first-order valence-corrected chi connectivity index (χ1v) is 9.77. The molecule has 1 aliphatic rings.